The van der Waals surface area contributed by atoms with Gasteiger partial charge >= 0.3 is 0 Å². The minimum Gasteiger partial charge on any atom is -0.341 e. The molecule has 0 aromatic carbocycles. The van der Waals surface area contributed by atoms with E-state index in [0.29, 0.717) is 12.1 Å². The second kappa shape index (κ2) is 7.43. The normalized spacial score (nSPS) is 11.7. The monoisotopic (exact) mass is 183 g/mol. The highest BCUT2D eigenvalue weighted by atomic mass is 15.1. The van der Waals surface area contributed by atoms with E-state index in [4.69, 9.17) is 0 Å². The van der Waals surface area contributed by atoms with Crippen LogP contribution in [0.3, 0.4) is 0 Å². The van der Waals surface area contributed by atoms with Crippen LogP contribution in [0.25, 0.3) is 0 Å². The van der Waals surface area contributed by atoms with Crippen LogP contribution in [0, 0.1) is 0 Å². The maximum Gasteiger partial charge on any atom is 0.204 e. The van der Waals surface area contributed by atoms with Crippen molar-refractivity contribution in [2.45, 2.75) is 72.3 Å². The van der Waals surface area contributed by atoms with Gasteiger partial charge in [0.2, 0.25) is 7.41 Å². The van der Waals surface area contributed by atoms with Gasteiger partial charge in [0.1, 0.15) is 0 Å². The lowest BCUT2D eigenvalue weighted by molar-refractivity contribution is 0.311. The average Bonchev–Trinajstić information content (AvgIpc) is 2.02. The Kier molecular flexibility index (Phi) is 7.45. The van der Waals surface area contributed by atoms with E-state index in [1.54, 1.807) is 0 Å². The lowest BCUT2D eigenvalue weighted by Crippen LogP contribution is -2.39. The van der Waals surface area contributed by atoms with Gasteiger partial charge in [-0.1, -0.05) is 60.2 Å². The van der Waals surface area contributed by atoms with Crippen molar-refractivity contribution in [2.75, 3.05) is 0 Å². The Bertz CT molecular complexity index is 105. The van der Waals surface area contributed by atoms with Crippen LogP contribution in [-0.4, -0.2) is 24.3 Å². The van der Waals surface area contributed by atoms with Crippen LogP contribution in [-0.2, 0) is 0 Å². The largest absolute Gasteiger partial charge is 0.341 e. The van der Waals surface area contributed by atoms with Gasteiger partial charge in [0.15, 0.2) is 0 Å². The molecule has 1 nitrogen and oxygen atoms in total. The molecule has 0 heterocycles. The fourth-order valence-electron chi connectivity index (χ4n) is 1.83. The molecule has 0 aromatic rings. The molecule has 0 unspecified atom stereocenters. The van der Waals surface area contributed by atoms with Crippen molar-refractivity contribution in [3.8, 4) is 0 Å². The molecule has 2 heteroatoms. The Morgan fingerprint density at radius 2 is 1.54 bits per heavy atom. The molecule has 13 heavy (non-hydrogen) atoms. The van der Waals surface area contributed by atoms with Gasteiger partial charge in [-0.2, -0.15) is 0 Å². The zero-order chi connectivity index (χ0) is 10.3. The van der Waals surface area contributed by atoms with Crippen LogP contribution >= 0.6 is 0 Å². The molecule has 0 aliphatic rings. The zero-order valence-corrected chi connectivity index (χ0v) is 10.1. The van der Waals surface area contributed by atoms with Crippen molar-refractivity contribution in [3.63, 3.8) is 0 Å². The molecule has 0 aliphatic carbocycles. The maximum absolute atomic E-state index is 2.58. The minimum atomic E-state index is 0.696. The van der Waals surface area contributed by atoms with Crippen molar-refractivity contribution < 1.29 is 0 Å². The standard InChI is InChI=1S/C11H26BN/c1-6-7-8-9-12-13(10(2)3)11(4)5/h10-12H,6-9H2,1-5H3. The lowest BCUT2D eigenvalue weighted by atomic mass is 9.80. The van der Waals surface area contributed by atoms with E-state index < -0.39 is 0 Å². The van der Waals surface area contributed by atoms with Crippen LogP contribution in [0.2, 0.25) is 6.32 Å². The predicted molar refractivity (Wildman–Crippen MR) is 63.6 cm³/mol. The van der Waals surface area contributed by atoms with E-state index in [9.17, 15) is 0 Å². The fourth-order valence-corrected chi connectivity index (χ4v) is 1.83. The van der Waals surface area contributed by atoms with Crippen molar-refractivity contribution in [1.29, 1.82) is 0 Å². The van der Waals surface area contributed by atoms with E-state index in [2.05, 4.69) is 39.4 Å². The Morgan fingerprint density at radius 3 is 1.92 bits per heavy atom. The summed E-state index contributed by atoms with van der Waals surface area (Å²) in [6.07, 6.45) is 5.49. The van der Waals surface area contributed by atoms with Crippen LogP contribution in [0.5, 0.6) is 0 Å². The summed E-state index contributed by atoms with van der Waals surface area (Å²) < 4.78 is 0. The summed E-state index contributed by atoms with van der Waals surface area (Å²) in [5, 5.41) is 0. The van der Waals surface area contributed by atoms with E-state index in [-0.39, 0.29) is 0 Å². The SMILES string of the molecule is CCCCCBN(C(C)C)C(C)C. The molecule has 0 saturated heterocycles. The molecule has 78 valence electrons. The molecule has 0 aromatic heterocycles. The molecule has 0 saturated carbocycles. The molecular weight excluding hydrogens is 157 g/mol. The summed E-state index contributed by atoms with van der Waals surface area (Å²) in [5.74, 6) is 0. The maximum atomic E-state index is 2.58. The molecule has 0 fully saturated rings. The summed E-state index contributed by atoms with van der Waals surface area (Å²) in [5.41, 5.74) is 0. The average molecular weight is 183 g/mol. The summed E-state index contributed by atoms with van der Waals surface area (Å²) >= 11 is 0. The van der Waals surface area contributed by atoms with Crippen LogP contribution in [0.4, 0.5) is 0 Å². The first kappa shape index (κ1) is 13.0. The van der Waals surface area contributed by atoms with E-state index in [1.807, 2.05) is 0 Å². The van der Waals surface area contributed by atoms with Gasteiger partial charge in [-0.25, -0.2) is 0 Å². The van der Waals surface area contributed by atoms with Gasteiger partial charge in [0.25, 0.3) is 0 Å². The van der Waals surface area contributed by atoms with Crippen LogP contribution in [0.15, 0.2) is 0 Å². The molecule has 0 N–H and O–H groups in total. The van der Waals surface area contributed by atoms with E-state index in [1.165, 1.54) is 33.0 Å². The third kappa shape index (κ3) is 6.14. The van der Waals surface area contributed by atoms with Crippen molar-refractivity contribution >= 4 is 7.41 Å². The molecule has 0 aliphatic heterocycles. The van der Waals surface area contributed by atoms with E-state index in [0.717, 1.165) is 0 Å². The molecular formula is C11H26BN. The Hall–Kier alpha value is 0.0249. The van der Waals surface area contributed by atoms with Crippen LogP contribution in [0.1, 0.15) is 53.9 Å². The van der Waals surface area contributed by atoms with Gasteiger partial charge in [0.05, 0.1) is 0 Å². The fraction of sp³-hybridized carbons (Fsp3) is 1.00. The summed E-state index contributed by atoms with van der Waals surface area (Å²) in [6.45, 7) is 11.4. The van der Waals surface area contributed by atoms with Crippen LogP contribution < -0.4 is 0 Å². The Balaban J connectivity index is 3.58. The lowest BCUT2D eigenvalue weighted by Gasteiger charge is -2.30. The molecule has 0 atom stereocenters. The Morgan fingerprint density at radius 1 is 1.00 bits per heavy atom. The van der Waals surface area contributed by atoms with Gasteiger partial charge in [-0.3, -0.25) is 0 Å². The first-order valence-corrected chi connectivity index (χ1v) is 5.85. The van der Waals surface area contributed by atoms with Gasteiger partial charge in [-0.05, 0) is 12.1 Å². The third-order valence-electron chi connectivity index (χ3n) is 2.60. The highest BCUT2D eigenvalue weighted by molar-refractivity contribution is 6.32. The second-order valence-electron chi connectivity index (χ2n) is 4.49. The summed E-state index contributed by atoms with van der Waals surface area (Å²) in [4.78, 5) is 2.58. The van der Waals surface area contributed by atoms with Crippen molar-refractivity contribution in [3.05, 3.63) is 0 Å². The predicted octanol–water partition coefficient (Wildman–Crippen LogP) is 3.07. The zero-order valence-electron chi connectivity index (χ0n) is 10.1. The van der Waals surface area contributed by atoms with Crippen molar-refractivity contribution in [2.24, 2.45) is 0 Å². The second-order valence-corrected chi connectivity index (χ2v) is 4.49. The van der Waals surface area contributed by atoms with Gasteiger partial charge in [-0.15, -0.1) is 0 Å². The smallest absolute Gasteiger partial charge is 0.204 e. The topological polar surface area (TPSA) is 3.24 Å². The number of hydrogen-bond donors (Lipinski definition) is 0. The minimum absolute atomic E-state index is 0.696. The summed E-state index contributed by atoms with van der Waals surface area (Å²) in [6, 6.07) is 1.39. The number of hydrogen-bond acceptors (Lipinski definition) is 1. The number of rotatable bonds is 7. The number of unbranched alkanes of at least 4 members (excludes halogenated alkanes) is 2. The molecule has 0 rings (SSSR count). The Labute approximate surface area is 85.2 Å². The number of nitrogens with zero attached hydrogens (tertiary/aromatic N) is 1. The van der Waals surface area contributed by atoms with Crippen molar-refractivity contribution in [1.82, 2.24) is 4.81 Å². The molecule has 0 amide bonds. The van der Waals surface area contributed by atoms with Gasteiger partial charge < -0.3 is 4.81 Å². The van der Waals surface area contributed by atoms with E-state index >= 15 is 0 Å². The molecule has 0 bridgehead atoms. The third-order valence-corrected chi connectivity index (χ3v) is 2.60. The first-order chi connectivity index (χ1) is 6.09. The molecule has 0 spiro atoms. The van der Waals surface area contributed by atoms with Gasteiger partial charge in [0, 0.05) is 0 Å². The highest BCUT2D eigenvalue weighted by Gasteiger charge is 2.12. The summed E-state index contributed by atoms with van der Waals surface area (Å²) in [7, 11) is 1.27. The quantitative estimate of drug-likeness (QED) is 0.433. The molecule has 0 radical (unpaired) electrons. The first-order valence-electron chi connectivity index (χ1n) is 5.85. The highest BCUT2D eigenvalue weighted by Crippen LogP contribution is 2.07.